The number of imide groups is 1. The summed E-state index contributed by atoms with van der Waals surface area (Å²) in [6.07, 6.45) is 3.40. The SMILES string of the molecule is COc1cccc(N2C(=O)C3C4CCCC4CN3C2=O)c1. The monoisotopic (exact) mass is 286 g/mol. The first-order chi connectivity index (χ1) is 10.2. The zero-order chi connectivity index (χ0) is 14.6. The van der Waals surface area contributed by atoms with Crippen molar-refractivity contribution < 1.29 is 14.3 Å². The van der Waals surface area contributed by atoms with Crippen LogP contribution in [0.1, 0.15) is 19.3 Å². The van der Waals surface area contributed by atoms with Crippen molar-refractivity contribution in [2.45, 2.75) is 25.3 Å². The second-order valence-corrected chi connectivity index (χ2v) is 6.11. The standard InChI is InChI=1S/C16H18N2O3/c1-21-12-6-3-5-11(8-12)18-15(19)14-13-7-2-4-10(13)9-17(14)16(18)20/h3,5-6,8,10,13-14H,2,4,7,9H2,1H3. The number of fused-ring (bicyclic) bond motifs is 3. The number of amides is 3. The zero-order valence-electron chi connectivity index (χ0n) is 12.0. The van der Waals surface area contributed by atoms with E-state index in [2.05, 4.69) is 0 Å². The molecule has 110 valence electrons. The van der Waals surface area contributed by atoms with Gasteiger partial charge in [-0.25, -0.2) is 9.69 Å². The Hall–Kier alpha value is -2.04. The van der Waals surface area contributed by atoms with Crippen molar-refractivity contribution in [2.24, 2.45) is 11.8 Å². The first-order valence-electron chi connectivity index (χ1n) is 7.49. The number of carbonyl (C=O) groups excluding carboxylic acids is 2. The average molecular weight is 286 g/mol. The Morgan fingerprint density at radius 1 is 1.24 bits per heavy atom. The van der Waals surface area contributed by atoms with Gasteiger partial charge in [0.1, 0.15) is 11.8 Å². The van der Waals surface area contributed by atoms with Gasteiger partial charge in [0, 0.05) is 12.6 Å². The molecule has 0 spiro atoms. The molecule has 0 radical (unpaired) electrons. The fourth-order valence-corrected chi connectivity index (χ4v) is 4.16. The van der Waals surface area contributed by atoms with Gasteiger partial charge in [-0.05, 0) is 36.8 Å². The molecule has 3 unspecified atom stereocenters. The molecule has 0 N–H and O–H groups in total. The van der Waals surface area contributed by atoms with Crippen molar-refractivity contribution in [1.29, 1.82) is 0 Å². The number of anilines is 1. The molecule has 1 aromatic carbocycles. The van der Waals surface area contributed by atoms with Crippen molar-refractivity contribution in [3.05, 3.63) is 24.3 Å². The number of hydrogen-bond donors (Lipinski definition) is 0. The van der Waals surface area contributed by atoms with Gasteiger partial charge in [0.05, 0.1) is 12.8 Å². The molecule has 2 heterocycles. The molecule has 0 aromatic heterocycles. The summed E-state index contributed by atoms with van der Waals surface area (Å²) < 4.78 is 5.19. The van der Waals surface area contributed by atoms with E-state index >= 15 is 0 Å². The summed E-state index contributed by atoms with van der Waals surface area (Å²) in [6.45, 7) is 0.736. The smallest absolute Gasteiger partial charge is 0.332 e. The molecule has 2 saturated heterocycles. The van der Waals surface area contributed by atoms with Crippen LogP contribution in [0.25, 0.3) is 0 Å². The third-order valence-electron chi connectivity index (χ3n) is 5.11. The Balaban J connectivity index is 1.69. The van der Waals surface area contributed by atoms with Crippen molar-refractivity contribution in [3.63, 3.8) is 0 Å². The molecule has 5 nitrogen and oxygen atoms in total. The highest BCUT2D eigenvalue weighted by atomic mass is 16.5. The minimum absolute atomic E-state index is 0.0670. The summed E-state index contributed by atoms with van der Waals surface area (Å²) in [4.78, 5) is 28.5. The maximum atomic E-state index is 12.8. The van der Waals surface area contributed by atoms with Gasteiger partial charge in [0.15, 0.2) is 0 Å². The second kappa shape index (κ2) is 4.48. The van der Waals surface area contributed by atoms with E-state index in [9.17, 15) is 9.59 Å². The van der Waals surface area contributed by atoms with Gasteiger partial charge in [-0.3, -0.25) is 4.79 Å². The Labute approximate surface area is 123 Å². The van der Waals surface area contributed by atoms with Crippen molar-refractivity contribution in [3.8, 4) is 5.75 Å². The molecule has 3 atom stereocenters. The lowest BCUT2D eigenvalue weighted by molar-refractivity contribution is -0.120. The average Bonchev–Trinajstić information content (AvgIpc) is 3.12. The molecule has 3 amide bonds. The largest absolute Gasteiger partial charge is 0.497 e. The third kappa shape index (κ3) is 1.69. The molecule has 3 fully saturated rings. The normalized spacial score (nSPS) is 30.8. The van der Waals surface area contributed by atoms with Crippen LogP contribution in [0.4, 0.5) is 10.5 Å². The zero-order valence-corrected chi connectivity index (χ0v) is 12.0. The van der Waals surface area contributed by atoms with E-state index in [4.69, 9.17) is 4.74 Å². The van der Waals surface area contributed by atoms with E-state index in [1.165, 1.54) is 11.3 Å². The summed E-state index contributed by atoms with van der Waals surface area (Å²) in [5.41, 5.74) is 0.605. The Kier molecular flexibility index (Phi) is 2.71. The number of nitrogens with zero attached hydrogens (tertiary/aromatic N) is 2. The predicted molar refractivity (Wildman–Crippen MR) is 77.2 cm³/mol. The van der Waals surface area contributed by atoms with Gasteiger partial charge < -0.3 is 9.64 Å². The van der Waals surface area contributed by atoms with Crippen LogP contribution in [-0.4, -0.2) is 36.5 Å². The number of benzene rings is 1. The maximum absolute atomic E-state index is 12.8. The number of hydrogen-bond acceptors (Lipinski definition) is 3. The lowest BCUT2D eigenvalue weighted by Crippen LogP contribution is -2.35. The Morgan fingerprint density at radius 2 is 2.10 bits per heavy atom. The molecule has 21 heavy (non-hydrogen) atoms. The van der Waals surface area contributed by atoms with Gasteiger partial charge in [0.2, 0.25) is 0 Å². The quantitative estimate of drug-likeness (QED) is 0.784. The molecule has 2 aliphatic heterocycles. The molecule has 3 aliphatic rings. The van der Waals surface area contributed by atoms with Crippen LogP contribution in [0.2, 0.25) is 0 Å². The molecule has 1 saturated carbocycles. The maximum Gasteiger partial charge on any atom is 0.332 e. The van der Waals surface area contributed by atoms with Crippen LogP contribution in [0, 0.1) is 11.8 Å². The van der Waals surface area contributed by atoms with E-state index in [1.807, 2.05) is 6.07 Å². The molecular formula is C16H18N2O3. The van der Waals surface area contributed by atoms with E-state index in [0.29, 0.717) is 23.3 Å². The summed E-state index contributed by atoms with van der Waals surface area (Å²) in [5.74, 6) is 1.47. The number of carbonyl (C=O) groups is 2. The van der Waals surface area contributed by atoms with Crippen LogP contribution < -0.4 is 9.64 Å². The molecular weight excluding hydrogens is 268 g/mol. The van der Waals surface area contributed by atoms with E-state index in [0.717, 1.165) is 19.4 Å². The topological polar surface area (TPSA) is 49.9 Å². The van der Waals surface area contributed by atoms with Crippen molar-refractivity contribution >= 4 is 17.6 Å². The first-order valence-corrected chi connectivity index (χ1v) is 7.49. The minimum Gasteiger partial charge on any atom is -0.497 e. The fraction of sp³-hybridized carbons (Fsp3) is 0.500. The first kappa shape index (κ1) is 12.7. The fourth-order valence-electron chi connectivity index (χ4n) is 4.16. The summed E-state index contributed by atoms with van der Waals surface area (Å²) in [6, 6.07) is 6.72. The molecule has 4 rings (SSSR count). The molecule has 1 aromatic rings. The van der Waals surface area contributed by atoms with Gasteiger partial charge in [-0.15, -0.1) is 0 Å². The summed E-state index contributed by atoms with van der Waals surface area (Å²) in [5, 5.41) is 0. The minimum atomic E-state index is -0.240. The van der Waals surface area contributed by atoms with Gasteiger partial charge in [-0.1, -0.05) is 12.5 Å². The van der Waals surface area contributed by atoms with Crippen LogP contribution in [0.15, 0.2) is 24.3 Å². The van der Waals surface area contributed by atoms with E-state index < -0.39 is 0 Å². The van der Waals surface area contributed by atoms with Crippen LogP contribution in [-0.2, 0) is 4.79 Å². The lowest BCUT2D eigenvalue weighted by atomic mass is 9.93. The number of rotatable bonds is 2. The van der Waals surface area contributed by atoms with Crippen molar-refractivity contribution in [1.82, 2.24) is 4.90 Å². The molecule has 0 bridgehead atoms. The highest BCUT2D eigenvalue weighted by Gasteiger charge is 2.57. The predicted octanol–water partition coefficient (Wildman–Crippen LogP) is 2.26. The highest BCUT2D eigenvalue weighted by Crippen LogP contribution is 2.46. The van der Waals surface area contributed by atoms with Gasteiger partial charge in [0.25, 0.3) is 5.91 Å². The van der Waals surface area contributed by atoms with Crippen LogP contribution in [0.3, 0.4) is 0 Å². The van der Waals surface area contributed by atoms with Gasteiger partial charge >= 0.3 is 6.03 Å². The number of methoxy groups -OCH3 is 1. The van der Waals surface area contributed by atoms with E-state index in [-0.39, 0.29) is 18.0 Å². The van der Waals surface area contributed by atoms with Crippen LogP contribution >= 0.6 is 0 Å². The molecule has 5 heteroatoms. The third-order valence-corrected chi connectivity index (χ3v) is 5.11. The van der Waals surface area contributed by atoms with Crippen LogP contribution in [0.5, 0.6) is 5.75 Å². The summed E-state index contributed by atoms with van der Waals surface area (Å²) >= 11 is 0. The Bertz CT molecular complexity index is 615. The van der Waals surface area contributed by atoms with Crippen molar-refractivity contribution in [2.75, 3.05) is 18.6 Å². The summed E-state index contributed by atoms with van der Waals surface area (Å²) in [7, 11) is 1.58. The van der Waals surface area contributed by atoms with E-state index in [1.54, 1.807) is 30.2 Å². The Morgan fingerprint density at radius 3 is 2.90 bits per heavy atom. The highest BCUT2D eigenvalue weighted by molar-refractivity contribution is 6.21. The number of ether oxygens (including phenoxy) is 1. The lowest BCUT2D eigenvalue weighted by Gasteiger charge is -2.18. The van der Waals surface area contributed by atoms with Gasteiger partial charge in [-0.2, -0.15) is 0 Å². The molecule has 1 aliphatic carbocycles. The number of urea groups is 1. The second-order valence-electron chi connectivity index (χ2n) is 6.11.